The van der Waals surface area contributed by atoms with Gasteiger partial charge in [-0.15, -0.1) is 0 Å². The van der Waals surface area contributed by atoms with E-state index in [2.05, 4.69) is 21.2 Å². The number of hydrogen-bond acceptors (Lipinski definition) is 3. The summed E-state index contributed by atoms with van der Waals surface area (Å²) in [5.41, 5.74) is -0.820. The summed E-state index contributed by atoms with van der Waals surface area (Å²) in [6, 6.07) is 7.73. The third-order valence-electron chi connectivity index (χ3n) is 2.60. The number of nitro benzene ring substituents is 1. The summed E-state index contributed by atoms with van der Waals surface area (Å²) in [6.45, 7) is 0. The summed E-state index contributed by atoms with van der Waals surface area (Å²) in [5.74, 6) is -1.57. The van der Waals surface area contributed by atoms with Crippen molar-refractivity contribution in [3.05, 3.63) is 67.4 Å². The van der Waals surface area contributed by atoms with Crippen molar-refractivity contribution in [2.75, 3.05) is 5.32 Å². The van der Waals surface area contributed by atoms with Crippen LogP contribution in [0.1, 0.15) is 10.4 Å². The first-order chi connectivity index (χ1) is 9.90. The number of carbonyl (C=O) groups is 1. The predicted octanol–water partition coefficient (Wildman–Crippen LogP) is 4.40. The largest absolute Gasteiger partial charge is 0.314 e. The van der Waals surface area contributed by atoms with Gasteiger partial charge in [0.1, 0.15) is 0 Å². The lowest BCUT2D eigenvalue weighted by molar-refractivity contribution is -0.384. The van der Waals surface area contributed by atoms with Gasteiger partial charge in [0.15, 0.2) is 11.5 Å². The third kappa shape index (κ3) is 3.37. The number of anilines is 1. The van der Waals surface area contributed by atoms with E-state index >= 15 is 0 Å². The number of halogens is 3. The molecule has 2 aromatic carbocycles. The standard InChI is InChI=1S/C13H7BrClFN2O3/c14-9-6-7(15)4-5-8(9)13(19)17-12-10(16)2-1-3-11(12)18(20)21/h1-6H,(H,17,19). The average Bonchev–Trinajstić information content (AvgIpc) is 2.40. The summed E-state index contributed by atoms with van der Waals surface area (Å²) in [7, 11) is 0. The fourth-order valence-corrected chi connectivity index (χ4v) is 2.51. The molecule has 0 saturated carbocycles. The Balaban J connectivity index is 2.38. The van der Waals surface area contributed by atoms with Crippen LogP contribution in [0.15, 0.2) is 40.9 Å². The van der Waals surface area contributed by atoms with Crippen molar-refractivity contribution in [2.24, 2.45) is 0 Å². The van der Waals surface area contributed by atoms with Gasteiger partial charge < -0.3 is 5.32 Å². The molecule has 0 aliphatic carbocycles. The molecule has 0 unspecified atom stereocenters. The molecule has 0 bridgehead atoms. The van der Waals surface area contributed by atoms with Crippen LogP contribution < -0.4 is 5.32 Å². The maximum absolute atomic E-state index is 13.7. The van der Waals surface area contributed by atoms with Gasteiger partial charge in [0, 0.05) is 15.6 Å². The number of carbonyl (C=O) groups excluding carboxylic acids is 1. The summed E-state index contributed by atoms with van der Waals surface area (Å²) < 4.78 is 14.1. The molecular weight excluding hydrogens is 367 g/mol. The molecule has 0 heterocycles. The number of amides is 1. The highest BCUT2D eigenvalue weighted by Crippen LogP contribution is 2.29. The van der Waals surface area contributed by atoms with Gasteiger partial charge in [-0.2, -0.15) is 0 Å². The predicted molar refractivity (Wildman–Crippen MR) is 80.2 cm³/mol. The molecule has 108 valence electrons. The lowest BCUT2D eigenvalue weighted by Gasteiger charge is -2.08. The van der Waals surface area contributed by atoms with Crippen LogP contribution in [0.25, 0.3) is 0 Å². The van der Waals surface area contributed by atoms with Gasteiger partial charge in [0.2, 0.25) is 0 Å². The molecule has 5 nitrogen and oxygen atoms in total. The molecule has 0 fully saturated rings. The van der Waals surface area contributed by atoms with Gasteiger partial charge in [0.05, 0.1) is 10.5 Å². The van der Waals surface area contributed by atoms with Gasteiger partial charge in [-0.1, -0.05) is 17.7 Å². The third-order valence-corrected chi connectivity index (χ3v) is 3.49. The van der Waals surface area contributed by atoms with Crippen LogP contribution in [0.4, 0.5) is 15.8 Å². The van der Waals surface area contributed by atoms with E-state index in [4.69, 9.17) is 11.6 Å². The van der Waals surface area contributed by atoms with Crippen molar-refractivity contribution in [2.45, 2.75) is 0 Å². The van der Waals surface area contributed by atoms with Gasteiger partial charge in [-0.25, -0.2) is 4.39 Å². The minimum Gasteiger partial charge on any atom is -0.314 e. The molecule has 0 atom stereocenters. The van der Waals surface area contributed by atoms with Crippen molar-refractivity contribution < 1.29 is 14.1 Å². The fraction of sp³-hybridized carbons (Fsp3) is 0. The monoisotopic (exact) mass is 372 g/mol. The minimum atomic E-state index is -0.886. The zero-order valence-corrected chi connectivity index (χ0v) is 12.6. The Bertz CT molecular complexity index is 739. The van der Waals surface area contributed by atoms with Gasteiger partial charge in [-0.05, 0) is 40.2 Å². The summed E-state index contributed by atoms with van der Waals surface area (Å²) >= 11 is 8.92. The number of nitrogens with zero attached hydrogens (tertiary/aromatic N) is 1. The Kier molecular flexibility index (Phi) is 4.54. The van der Waals surface area contributed by atoms with Crippen LogP contribution in [-0.2, 0) is 0 Å². The van der Waals surface area contributed by atoms with E-state index in [1.807, 2.05) is 0 Å². The Morgan fingerprint density at radius 2 is 2.05 bits per heavy atom. The molecule has 0 spiro atoms. The summed E-state index contributed by atoms with van der Waals surface area (Å²) in [4.78, 5) is 22.2. The number of nitrogens with one attached hydrogen (secondary N) is 1. The van der Waals surface area contributed by atoms with Crippen molar-refractivity contribution in [3.63, 3.8) is 0 Å². The maximum atomic E-state index is 13.7. The molecule has 0 aromatic heterocycles. The highest BCUT2D eigenvalue weighted by Gasteiger charge is 2.21. The normalized spacial score (nSPS) is 10.2. The SMILES string of the molecule is O=C(Nc1c(F)cccc1[N+](=O)[O-])c1ccc(Cl)cc1Br. The number of hydrogen-bond donors (Lipinski definition) is 1. The smallest absolute Gasteiger partial charge is 0.295 e. The fourth-order valence-electron chi connectivity index (χ4n) is 1.64. The maximum Gasteiger partial charge on any atom is 0.295 e. The first-order valence-electron chi connectivity index (χ1n) is 5.59. The lowest BCUT2D eigenvalue weighted by Crippen LogP contribution is -2.15. The molecule has 0 aliphatic heterocycles. The van der Waals surface area contributed by atoms with Crippen LogP contribution in [0.2, 0.25) is 5.02 Å². The molecule has 2 aromatic rings. The van der Waals surface area contributed by atoms with Crippen molar-refractivity contribution in [1.29, 1.82) is 0 Å². The Hall–Kier alpha value is -1.99. The summed E-state index contributed by atoms with van der Waals surface area (Å²) in [5, 5.41) is 13.5. The highest BCUT2D eigenvalue weighted by molar-refractivity contribution is 9.10. The van der Waals surface area contributed by atoms with E-state index in [-0.39, 0.29) is 5.56 Å². The molecule has 0 radical (unpaired) electrons. The quantitative estimate of drug-likeness (QED) is 0.640. The first-order valence-corrected chi connectivity index (χ1v) is 6.76. The van der Waals surface area contributed by atoms with Gasteiger partial charge in [-0.3, -0.25) is 14.9 Å². The second-order valence-electron chi connectivity index (χ2n) is 3.97. The van der Waals surface area contributed by atoms with E-state index in [1.165, 1.54) is 24.3 Å². The molecule has 21 heavy (non-hydrogen) atoms. The van der Waals surface area contributed by atoms with Crippen LogP contribution >= 0.6 is 27.5 Å². The zero-order valence-electron chi connectivity index (χ0n) is 10.3. The van der Waals surface area contributed by atoms with E-state index in [9.17, 15) is 19.3 Å². The second-order valence-corrected chi connectivity index (χ2v) is 5.26. The van der Waals surface area contributed by atoms with Crippen LogP contribution in [0.5, 0.6) is 0 Å². The van der Waals surface area contributed by atoms with Crippen molar-refractivity contribution >= 4 is 44.8 Å². The average molecular weight is 374 g/mol. The number of para-hydroxylation sites is 1. The topological polar surface area (TPSA) is 72.2 Å². The van der Waals surface area contributed by atoms with Crippen LogP contribution in [0.3, 0.4) is 0 Å². The minimum absolute atomic E-state index is 0.178. The second kappa shape index (κ2) is 6.19. The molecular formula is C13H7BrClFN2O3. The highest BCUT2D eigenvalue weighted by atomic mass is 79.9. The molecule has 0 saturated heterocycles. The van der Waals surface area contributed by atoms with Crippen LogP contribution in [-0.4, -0.2) is 10.8 Å². The van der Waals surface area contributed by atoms with Crippen LogP contribution in [0, 0.1) is 15.9 Å². The van der Waals surface area contributed by atoms with E-state index in [0.717, 1.165) is 12.1 Å². The zero-order chi connectivity index (χ0) is 15.6. The Morgan fingerprint density at radius 3 is 2.67 bits per heavy atom. The Morgan fingerprint density at radius 1 is 1.33 bits per heavy atom. The first kappa shape index (κ1) is 15.4. The van der Waals surface area contributed by atoms with E-state index in [0.29, 0.717) is 9.50 Å². The molecule has 0 aliphatic rings. The molecule has 1 N–H and O–H groups in total. The van der Waals surface area contributed by atoms with Gasteiger partial charge >= 0.3 is 0 Å². The van der Waals surface area contributed by atoms with E-state index in [1.54, 1.807) is 0 Å². The summed E-state index contributed by atoms with van der Waals surface area (Å²) in [6.07, 6.45) is 0. The molecule has 1 amide bonds. The molecule has 2 rings (SSSR count). The molecule has 8 heteroatoms. The van der Waals surface area contributed by atoms with E-state index < -0.39 is 28.0 Å². The van der Waals surface area contributed by atoms with Gasteiger partial charge in [0.25, 0.3) is 11.6 Å². The number of benzene rings is 2. The lowest BCUT2D eigenvalue weighted by atomic mass is 10.2. The van der Waals surface area contributed by atoms with Crippen molar-refractivity contribution in [1.82, 2.24) is 0 Å². The Labute approximate surface area is 132 Å². The number of nitro groups is 1. The number of rotatable bonds is 3. The van der Waals surface area contributed by atoms with Crippen molar-refractivity contribution in [3.8, 4) is 0 Å².